The molecule has 0 bridgehead atoms. The molecule has 1 aliphatic rings. The first-order chi connectivity index (χ1) is 18.8. The predicted octanol–water partition coefficient (Wildman–Crippen LogP) is 9.23. The molecule has 1 N–H and O–H groups in total. The molecular weight excluding hydrogens is 458 g/mol. The van der Waals surface area contributed by atoms with Crippen molar-refractivity contribution in [3.8, 4) is 22.3 Å². The first kappa shape index (κ1) is 22.6. The third-order valence-corrected chi connectivity index (χ3v) is 8.08. The molecule has 0 saturated carbocycles. The summed E-state index contributed by atoms with van der Waals surface area (Å²) in [6.07, 6.45) is 3.37. The van der Waals surface area contributed by atoms with Gasteiger partial charge in [-0.3, -0.25) is 0 Å². The number of allylic oxidation sites excluding steroid dienone is 1. The molecular formula is C37H29N. The van der Waals surface area contributed by atoms with Crippen LogP contribution in [0.4, 0.5) is 0 Å². The second-order valence-corrected chi connectivity index (χ2v) is 10.2. The lowest BCUT2D eigenvalue weighted by atomic mass is 9.78. The highest BCUT2D eigenvalue weighted by atomic mass is 14.8. The second-order valence-electron chi connectivity index (χ2n) is 10.2. The molecule has 38 heavy (non-hydrogen) atoms. The summed E-state index contributed by atoms with van der Waals surface area (Å²) in [6.45, 7) is 0. The molecule has 6 aromatic rings. The summed E-state index contributed by atoms with van der Waals surface area (Å²) < 4.78 is 0. The van der Waals surface area contributed by atoms with Crippen molar-refractivity contribution < 1.29 is 0 Å². The van der Waals surface area contributed by atoms with Crippen LogP contribution in [0.2, 0.25) is 0 Å². The molecule has 0 spiro atoms. The SMILES string of the molecule is CNC1=Cc2c(c3ccc(-c4ccc(-c5ccccc5)cc4)cc3c3ccccc23)CC1c1ccccc1. The van der Waals surface area contributed by atoms with E-state index < -0.39 is 0 Å². The topological polar surface area (TPSA) is 12.0 Å². The number of fused-ring (bicyclic) bond motifs is 6. The minimum absolute atomic E-state index is 0.322. The summed E-state index contributed by atoms with van der Waals surface area (Å²) in [5.74, 6) is 0.322. The fraction of sp³-hybridized carbons (Fsp3) is 0.0811. The summed E-state index contributed by atoms with van der Waals surface area (Å²) in [5.41, 5.74) is 10.4. The monoisotopic (exact) mass is 487 g/mol. The van der Waals surface area contributed by atoms with Crippen molar-refractivity contribution >= 4 is 27.6 Å². The van der Waals surface area contributed by atoms with E-state index in [4.69, 9.17) is 0 Å². The van der Waals surface area contributed by atoms with Crippen molar-refractivity contribution in [2.24, 2.45) is 0 Å². The van der Waals surface area contributed by atoms with Gasteiger partial charge in [0.15, 0.2) is 0 Å². The fourth-order valence-electron chi connectivity index (χ4n) is 6.14. The molecule has 1 nitrogen and oxygen atoms in total. The Morgan fingerprint density at radius 3 is 1.82 bits per heavy atom. The number of hydrogen-bond acceptors (Lipinski definition) is 1. The highest BCUT2D eigenvalue weighted by Gasteiger charge is 2.26. The molecule has 7 rings (SSSR count). The predicted molar refractivity (Wildman–Crippen MR) is 162 cm³/mol. The van der Waals surface area contributed by atoms with E-state index in [1.807, 2.05) is 7.05 Å². The van der Waals surface area contributed by atoms with E-state index >= 15 is 0 Å². The maximum Gasteiger partial charge on any atom is 0.0278 e. The normalized spacial score (nSPS) is 14.8. The van der Waals surface area contributed by atoms with E-state index in [2.05, 4.69) is 139 Å². The van der Waals surface area contributed by atoms with Gasteiger partial charge in [-0.1, -0.05) is 121 Å². The Bertz CT molecular complexity index is 1800. The van der Waals surface area contributed by atoms with Crippen LogP contribution in [0.15, 0.2) is 133 Å². The highest BCUT2D eigenvalue weighted by Crippen LogP contribution is 2.43. The zero-order valence-electron chi connectivity index (χ0n) is 21.5. The van der Waals surface area contributed by atoms with Crippen LogP contribution >= 0.6 is 0 Å². The second kappa shape index (κ2) is 9.36. The van der Waals surface area contributed by atoms with Crippen LogP contribution < -0.4 is 5.32 Å². The molecule has 0 amide bonds. The Morgan fingerprint density at radius 1 is 0.526 bits per heavy atom. The van der Waals surface area contributed by atoms with Gasteiger partial charge in [-0.2, -0.15) is 0 Å². The molecule has 0 aliphatic heterocycles. The van der Waals surface area contributed by atoms with Gasteiger partial charge in [-0.15, -0.1) is 0 Å². The van der Waals surface area contributed by atoms with E-state index in [1.54, 1.807) is 0 Å². The summed E-state index contributed by atoms with van der Waals surface area (Å²) in [4.78, 5) is 0. The van der Waals surface area contributed by atoms with E-state index in [0.717, 1.165) is 6.42 Å². The molecule has 6 aromatic carbocycles. The Morgan fingerprint density at radius 2 is 1.11 bits per heavy atom. The molecule has 1 heteroatoms. The van der Waals surface area contributed by atoms with Gasteiger partial charge in [0.05, 0.1) is 0 Å². The van der Waals surface area contributed by atoms with Gasteiger partial charge in [0.2, 0.25) is 0 Å². The fourth-order valence-corrected chi connectivity index (χ4v) is 6.14. The van der Waals surface area contributed by atoms with Crippen molar-refractivity contribution in [3.63, 3.8) is 0 Å². The van der Waals surface area contributed by atoms with Crippen LogP contribution in [0, 0.1) is 0 Å². The molecule has 1 unspecified atom stereocenters. The van der Waals surface area contributed by atoms with Gasteiger partial charge in [-0.05, 0) is 79.1 Å². The zero-order chi connectivity index (χ0) is 25.5. The molecule has 1 atom stereocenters. The molecule has 0 heterocycles. The van der Waals surface area contributed by atoms with E-state index in [1.165, 1.54) is 66.2 Å². The quantitative estimate of drug-likeness (QED) is 0.244. The summed E-state index contributed by atoms with van der Waals surface area (Å²) in [7, 11) is 2.05. The van der Waals surface area contributed by atoms with E-state index in [0.29, 0.717) is 5.92 Å². The minimum atomic E-state index is 0.322. The summed E-state index contributed by atoms with van der Waals surface area (Å²) >= 11 is 0. The largest absolute Gasteiger partial charge is 0.391 e. The average molecular weight is 488 g/mol. The van der Waals surface area contributed by atoms with Crippen LogP contribution in [0.25, 0.3) is 49.9 Å². The van der Waals surface area contributed by atoms with Crippen molar-refractivity contribution in [1.82, 2.24) is 5.32 Å². The van der Waals surface area contributed by atoms with Crippen molar-refractivity contribution in [1.29, 1.82) is 0 Å². The Labute approximate surface area is 224 Å². The van der Waals surface area contributed by atoms with Crippen LogP contribution in [0.3, 0.4) is 0 Å². The molecule has 1 aliphatic carbocycles. The number of likely N-dealkylation sites (N-methyl/N-ethyl adjacent to an activating group) is 1. The number of hydrogen-bond donors (Lipinski definition) is 1. The number of benzene rings is 6. The standard InChI is InChI=1S/C37H29N/c1-38-37-24-36-31-15-9-8-14-30(31)34-22-29(27-18-16-26(17-19-27)25-10-4-2-5-11-25)20-21-32(34)35(36)23-33(37)28-12-6-3-7-13-28/h2-22,24,33,38H,23H2,1H3. The van der Waals surface area contributed by atoms with E-state index in [-0.39, 0.29) is 0 Å². The Hall–Kier alpha value is -4.62. The first-order valence-corrected chi connectivity index (χ1v) is 13.4. The van der Waals surface area contributed by atoms with Gasteiger partial charge in [0, 0.05) is 18.7 Å². The van der Waals surface area contributed by atoms with Crippen LogP contribution in [0.5, 0.6) is 0 Å². The number of nitrogens with one attached hydrogen (secondary N) is 1. The number of rotatable bonds is 4. The third kappa shape index (κ3) is 3.79. The third-order valence-electron chi connectivity index (χ3n) is 8.08. The maximum atomic E-state index is 3.51. The van der Waals surface area contributed by atoms with Crippen LogP contribution in [-0.4, -0.2) is 7.05 Å². The first-order valence-electron chi connectivity index (χ1n) is 13.4. The van der Waals surface area contributed by atoms with Crippen LogP contribution in [0.1, 0.15) is 22.6 Å². The average Bonchev–Trinajstić information content (AvgIpc) is 3.01. The van der Waals surface area contributed by atoms with Gasteiger partial charge < -0.3 is 5.32 Å². The van der Waals surface area contributed by atoms with Gasteiger partial charge in [0.1, 0.15) is 0 Å². The molecule has 0 saturated heterocycles. The van der Waals surface area contributed by atoms with Gasteiger partial charge in [0.25, 0.3) is 0 Å². The van der Waals surface area contributed by atoms with Crippen molar-refractivity contribution in [2.45, 2.75) is 12.3 Å². The lowest BCUT2D eigenvalue weighted by molar-refractivity contribution is 0.722. The lowest BCUT2D eigenvalue weighted by Crippen LogP contribution is -2.20. The maximum absolute atomic E-state index is 3.51. The van der Waals surface area contributed by atoms with Crippen LogP contribution in [-0.2, 0) is 6.42 Å². The van der Waals surface area contributed by atoms with Crippen molar-refractivity contribution in [2.75, 3.05) is 7.05 Å². The molecule has 0 radical (unpaired) electrons. The van der Waals surface area contributed by atoms with Crippen molar-refractivity contribution in [3.05, 3.63) is 150 Å². The van der Waals surface area contributed by atoms with E-state index in [9.17, 15) is 0 Å². The summed E-state index contributed by atoms with van der Waals surface area (Å²) in [6, 6.07) is 46.3. The summed E-state index contributed by atoms with van der Waals surface area (Å²) in [5, 5.41) is 8.84. The minimum Gasteiger partial charge on any atom is -0.391 e. The Kier molecular flexibility index (Phi) is 5.56. The molecule has 182 valence electrons. The van der Waals surface area contributed by atoms with Gasteiger partial charge >= 0.3 is 0 Å². The zero-order valence-corrected chi connectivity index (χ0v) is 21.5. The van der Waals surface area contributed by atoms with Gasteiger partial charge in [-0.25, -0.2) is 0 Å². The smallest absolute Gasteiger partial charge is 0.0278 e. The molecule has 0 fully saturated rings. The molecule has 0 aromatic heterocycles. The highest BCUT2D eigenvalue weighted by molar-refractivity contribution is 6.14. The Balaban J connectivity index is 1.39. The lowest BCUT2D eigenvalue weighted by Gasteiger charge is -2.29.